The van der Waals surface area contributed by atoms with Crippen molar-refractivity contribution in [1.82, 2.24) is 15.1 Å². The Morgan fingerprint density at radius 1 is 1.25 bits per heavy atom. The van der Waals surface area contributed by atoms with E-state index in [1.165, 1.54) is 0 Å². The van der Waals surface area contributed by atoms with Crippen LogP contribution in [-0.4, -0.2) is 67.2 Å². The molecule has 1 N–H and O–H groups in total. The van der Waals surface area contributed by atoms with Gasteiger partial charge in [-0.25, -0.2) is 0 Å². The number of nitrogens with one attached hydrogen (secondary N) is 1. The first-order chi connectivity index (χ1) is 13.3. The Kier molecular flexibility index (Phi) is 6.40. The zero-order chi connectivity index (χ0) is 20.3. The number of likely N-dealkylation sites (N-methyl/N-ethyl adjacent to an activating group) is 1. The summed E-state index contributed by atoms with van der Waals surface area (Å²) in [6.07, 6.45) is 3.58. The number of hydrogen-bond acceptors (Lipinski definition) is 4. The molecular formula is C22H33N3O3. The molecule has 2 amide bonds. The van der Waals surface area contributed by atoms with E-state index < -0.39 is 11.8 Å². The molecule has 1 heterocycles. The van der Waals surface area contributed by atoms with Crippen LogP contribution in [0.1, 0.15) is 48.5 Å². The molecule has 0 radical (unpaired) electrons. The number of nitrogens with zero attached hydrogens (tertiary/aromatic N) is 2. The quantitative estimate of drug-likeness (QED) is 0.843. The highest BCUT2D eigenvalue weighted by Gasteiger charge is 2.53. The van der Waals surface area contributed by atoms with Crippen LogP contribution in [0.2, 0.25) is 0 Å². The smallest absolute Gasteiger partial charge is 0.257 e. The summed E-state index contributed by atoms with van der Waals surface area (Å²) in [4.78, 5) is 30.3. The molecule has 3 rings (SSSR count). The number of carbonyl (C=O) groups excluding carboxylic acids is 2. The maximum Gasteiger partial charge on any atom is 0.257 e. The zero-order valence-corrected chi connectivity index (χ0v) is 17.5. The molecule has 0 aromatic heterocycles. The first-order valence-electron chi connectivity index (χ1n) is 10.3. The summed E-state index contributed by atoms with van der Waals surface area (Å²) in [6.45, 7) is 5.75. The minimum Gasteiger partial charge on any atom is -0.353 e. The molecule has 1 aromatic rings. The van der Waals surface area contributed by atoms with Crippen LogP contribution in [0.5, 0.6) is 0 Å². The predicted molar refractivity (Wildman–Crippen MR) is 109 cm³/mol. The number of benzene rings is 1. The third kappa shape index (κ3) is 4.23. The molecule has 1 aliphatic heterocycles. The van der Waals surface area contributed by atoms with Crippen molar-refractivity contribution in [1.29, 1.82) is 0 Å². The first-order valence-corrected chi connectivity index (χ1v) is 10.3. The maximum absolute atomic E-state index is 13.6. The molecule has 2 fully saturated rings. The van der Waals surface area contributed by atoms with E-state index in [1.54, 1.807) is 4.90 Å². The molecule has 6 heteroatoms. The second-order valence-corrected chi connectivity index (χ2v) is 8.54. The number of rotatable bonds is 5. The molecule has 1 aliphatic carbocycles. The maximum atomic E-state index is 13.6. The van der Waals surface area contributed by atoms with Gasteiger partial charge in [0.15, 0.2) is 0 Å². The Hall–Kier alpha value is -1.92. The van der Waals surface area contributed by atoms with Crippen molar-refractivity contribution in [2.75, 3.05) is 33.8 Å². The summed E-state index contributed by atoms with van der Waals surface area (Å²) in [7, 11) is 3.94. The predicted octanol–water partition coefficient (Wildman–Crippen LogP) is 2.42. The number of carbonyl (C=O) groups is 2. The summed E-state index contributed by atoms with van der Waals surface area (Å²) in [5, 5.41) is 2.98. The van der Waals surface area contributed by atoms with Crippen LogP contribution in [0.3, 0.4) is 0 Å². The van der Waals surface area contributed by atoms with Gasteiger partial charge in [0.2, 0.25) is 5.91 Å². The van der Waals surface area contributed by atoms with Crippen molar-refractivity contribution < 1.29 is 14.3 Å². The lowest BCUT2D eigenvalue weighted by Crippen LogP contribution is -2.57. The van der Waals surface area contributed by atoms with Crippen molar-refractivity contribution >= 4 is 11.8 Å². The Labute approximate surface area is 168 Å². The number of ether oxygens (including phenoxy) is 1. The van der Waals surface area contributed by atoms with Gasteiger partial charge in [-0.1, -0.05) is 25.1 Å². The van der Waals surface area contributed by atoms with E-state index in [0.717, 1.165) is 37.8 Å². The molecule has 0 unspecified atom stereocenters. The van der Waals surface area contributed by atoms with Gasteiger partial charge in [0.05, 0.1) is 6.61 Å². The van der Waals surface area contributed by atoms with Crippen LogP contribution in [0, 0.1) is 12.8 Å². The van der Waals surface area contributed by atoms with Crippen LogP contribution >= 0.6 is 0 Å². The van der Waals surface area contributed by atoms with Gasteiger partial charge in [0.25, 0.3) is 5.91 Å². The van der Waals surface area contributed by atoms with Crippen LogP contribution in [0.15, 0.2) is 24.3 Å². The molecule has 154 valence electrons. The largest absolute Gasteiger partial charge is 0.353 e. The van der Waals surface area contributed by atoms with Crippen LogP contribution in [-0.2, 0) is 9.53 Å². The van der Waals surface area contributed by atoms with E-state index in [0.29, 0.717) is 18.0 Å². The molecule has 28 heavy (non-hydrogen) atoms. The summed E-state index contributed by atoms with van der Waals surface area (Å²) >= 11 is 0. The topological polar surface area (TPSA) is 61.9 Å². The fourth-order valence-corrected chi connectivity index (χ4v) is 4.24. The van der Waals surface area contributed by atoms with Gasteiger partial charge < -0.3 is 15.0 Å². The summed E-state index contributed by atoms with van der Waals surface area (Å²) in [6, 6.07) is 7.00. The van der Waals surface area contributed by atoms with E-state index in [1.807, 2.05) is 50.2 Å². The van der Waals surface area contributed by atoms with E-state index >= 15 is 0 Å². The molecule has 0 bridgehead atoms. The van der Waals surface area contributed by atoms with Crippen LogP contribution in [0.25, 0.3) is 0 Å². The van der Waals surface area contributed by atoms with Crippen molar-refractivity contribution in [3.8, 4) is 0 Å². The van der Waals surface area contributed by atoms with E-state index in [-0.39, 0.29) is 18.4 Å². The van der Waals surface area contributed by atoms with Crippen molar-refractivity contribution in [2.24, 2.45) is 5.92 Å². The molecule has 1 spiro atoms. The number of hydrogen-bond donors (Lipinski definition) is 1. The second kappa shape index (κ2) is 8.62. The van der Waals surface area contributed by atoms with Gasteiger partial charge in [-0.2, -0.15) is 0 Å². The van der Waals surface area contributed by atoms with E-state index in [4.69, 9.17) is 4.74 Å². The SMILES string of the molecule is Cc1ccccc1C(=O)N1[C@H](C(=O)NCCN(C)C)COC12CCC(C)CC2. The summed E-state index contributed by atoms with van der Waals surface area (Å²) in [5.41, 5.74) is 0.915. The second-order valence-electron chi connectivity index (χ2n) is 8.54. The summed E-state index contributed by atoms with van der Waals surface area (Å²) in [5.74, 6) is 0.398. The Balaban J connectivity index is 1.86. The van der Waals surface area contributed by atoms with Gasteiger partial charge in [0, 0.05) is 18.7 Å². The third-order valence-electron chi connectivity index (χ3n) is 6.07. The fraction of sp³-hybridized carbons (Fsp3) is 0.636. The van der Waals surface area contributed by atoms with Crippen molar-refractivity contribution in [3.63, 3.8) is 0 Å². The number of aryl methyl sites for hydroxylation is 1. The molecule has 2 aliphatic rings. The minimum absolute atomic E-state index is 0.0992. The van der Waals surface area contributed by atoms with Crippen molar-refractivity contribution in [3.05, 3.63) is 35.4 Å². The Morgan fingerprint density at radius 2 is 1.93 bits per heavy atom. The molecule has 1 saturated heterocycles. The lowest BCUT2D eigenvalue weighted by atomic mass is 9.83. The van der Waals surface area contributed by atoms with Crippen LogP contribution in [0.4, 0.5) is 0 Å². The Bertz CT molecular complexity index is 711. The fourth-order valence-electron chi connectivity index (χ4n) is 4.24. The average molecular weight is 388 g/mol. The monoisotopic (exact) mass is 387 g/mol. The Morgan fingerprint density at radius 3 is 2.57 bits per heavy atom. The van der Waals surface area contributed by atoms with Gasteiger partial charge in [-0.15, -0.1) is 0 Å². The zero-order valence-electron chi connectivity index (χ0n) is 17.5. The summed E-state index contributed by atoms with van der Waals surface area (Å²) < 4.78 is 6.22. The lowest BCUT2D eigenvalue weighted by Gasteiger charge is -2.43. The molecule has 1 saturated carbocycles. The highest BCUT2D eigenvalue weighted by molar-refractivity contribution is 5.99. The van der Waals surface area contributed by atoms with E-state index in [2.05, 4.69) is 12.2 Å². The third-order valence-corrected chi connectivity index (χ3v) is 6.07. The lowest BCUT2D eigenvalue weighted by molar-refractivity contribution is -0.127. The van der Waals surface area contributed by atoms with Crippen molar-refractivity contribution in [2.45, 2.75) is 51.3 Å². The normalized spacial score (nSPS) is 27.4. The first kappa shape index (κ1) is 20.8. The van der Waals surface area contributed by atoms with E-state index in [9.17, 15) is 9.59 Å². The highest BCUT2D eigenvalue weighted by Crippen LogP contribution is 2.43. The molecular weight excluding hydrogens is 354 g/mol. The molecule has 1 atom stereocenters. The van der Waals surface area contributed by atoms with Crippen LogP contribution < -0.4 is 5.32 Å². The standard InChI is InChI=1S/C22H33N3O3/c1-16-9-11-22(12-10-16)25(21(27)18-8-6-5-7-17(18)2)19(15-28-22)20(26)23-13-14-24(3)4/h5-8,16,19H,9-15H2,1-4H3,(H,23,26)/t16?,19-,22?/m0/s1. The minimum atomic E-state index is -0.657. The molecule has 1 aromatic carbocycles. The number of amides is 2. The van der Waals surface area contributed by atoms with Gasteiger partial charge in [-0.3, -0.25) is 14.5 Å². The van der Waals surface area contributed by atoms with Gasteiger partial charge in [-0.05, 0) is 64.3 Å². The average Bonchev–Trinajstić information content (AvgIpc) is 3.03. The van der Waals surface area contributed by atoms with Gasteiger partial charge >= 0.3 is 0 Å². The highest BCUT2D eigenvalue weighted by atomic mass is 16.5. The van der Waals surface area contributed by atoms with Gasteiger partial charge in [0.1, 0.15) is 11.8 Å². The molecule has 6 nitrogen and oxygen atoms in total.